The summed E-state index contributed by atoms with van der Waals surface area (Å²) in [6.07, 6.45) is 1.20. The highest BCUT2D eigenvalue weighted by atomic mass is 35.5. The molecule has 0 radical (unpaired) electrons. The maximum absolute atomic E-state index is 13.4. The van der Waals surface area contributed by atoms with E-state index >= 15 is 0 Å². The summed E-state index contributed by atoms with van der Waals surface area (Å²) < 4.78 is 27.9. The van der Waals surface area contributed by atoms with Crippen molar-refractivity contribution in [3.05, 3.63) is 71.2 Å². The van der Waals surface area contributed by atoms with Crippen LogP contribution in [0, 0.1) is 0 Å². The van der Waals surface area contributed by atoms with Crippen LogP contribution in [0.1, 0.15) is 45.6 Å². The number of amides is 2. The molecule has 1 aliphatic rings. The smallest absolute Gasteiger partial charge is 0.265 e. The molecule has 0 bridgehead atoms. The van der Waals surface area contributed by atoms with E-state index in [1.54, 1.807) is 42.2 Å². The molecule has 1 heterocycles. The van der Waals surface area contributed by atoms with Gasteiger partial charge in [-0.05, 0) is 61.9 Å². The Morgan fingerprint density at radius 2 is 1.70 bits per heavy atom. The summed E-state index contributed by atoms with van der Waals surface area (Å²) in [5.74, 6) is -0.435. The van der Waals surface area contributed by atoms with E-state index in [-0.39, 0.29) is 37.4 Å². The van der Waals surface area contributed by atoms with Crippen molar-refractivity contribution in [2.45, 2.75) is 63.6 Å². The molecule has 1 aliphatic heterocycles. The number of hydrogen-bond donors (Lipinski definition) is 1. The SMILES string of the molecule is CC[C@H](C)NC(=O)[C@H](C)N(Cc1ccc(Cl)cc1)C(=O)CCCN1c2cccc3cccc(c23)S1(=O)=O. The summed E-state index contributed by atoms with van der Waals surface area (Å²) in [5, 5.41) is 5.13. The molecule has 4 rings (SSSR count). The molecule has 0 aromatic heterocycles. The maximum atomic E-state index is 13.4. The van der Waals surface area contributed by atoms with Crippen molar-refractivity contribution in [1.29, 1.82) is 0 Å². The van der Waals surface area contributed by atoms with Crippen molar-refractivity contribution in [1.82, 2.24) is 10.2 Å². The second-order valence-electron chi connectivity index (χ2n) is 9.45. The number of nitrogens with one attached hydrogen (secondary N) is 1. The molecule has 9 heteroatoms. The molecule has 1 N–H and O–H groups in total. The fraction of sp³-hybridized carbons (Fsp3) is 0.357. The monoisotopic (exact) mass is 541 g/mol. The van der Waals surface area contributed by atoms with Crippen LogP contribution in [0.15, 0.2) is 65.6 Å². The first kappa shape index (κ1) is 26.9. The fourth-order valence-corrected chi connectivity index (χ4v) is 6.43. The molecule has 2 atom stereocenters. The van der Waals surface area contributed by atoms with Gasteiger partial charge in [0.15, 0.2) is 0 Å². The van der Waals surface area contributed by atoms with Crippen molar-refractivity contribution in [2.24, 2.45) is 0 Å². The number of anilines is 1. The number of rotatable bonds is 10. The molecule has 2 amide bonds. The predicted octanol–water partition coefficient (Wildman–Crippen LogP) is 5.11. The highest BCUT2D eigenvalue weighted by Gasteiger charge is 2.35. The van der Waals surface area contributed by atoms with E-state index in [0.29, 0.717) is 22.0 Å². The largest absolute Gasteiger partial charge is 0.352 e. The average Bonchev–Trinajstić information content (AvgIpc) is 3.10. The molecule has 3 aromatic rings. The van der Waals surface area contributed by atoms with Crippen molar-refractivity contribution >= 4 is 49.9 Å². The van der Waals surface area contributed by atoms with Crippen molar-refractivity contribution in [3.63, 3.8) is 0 Å². The standard InChI is InChI=1S/C28H32ClN3O4S/c1-4-19(2)30-28(34)20(3)31(18-21-13-15-23(29)16-14-21)26(33)12-7-17-32-24-10-5-8-22-9-6-11-25(27(22)24)37(32,35)36/h5-6,8-11,13-16,19-20H,4,7,12,17-18H2,1-3H3,(H,30,34)/t19-,20-/m0/s1. The van der Waals surface area contributed by atoms with Crippen LogP contribution in [0.25, 0.3) is 10.8 Å². The number of nitrogens with zero attached hydrogens (tertiary/aromatic N) is 2. The molecule has 0 spiro atoms. The zero-order valence-electron chi connectivity index (χ0n) is 21.3. The van der Waals surface area contributed by atoms with Crippen LogP contribution in [0.4, 0.5) is 5.69 Å². The van der Waals surface area contributed by atoms with Crippen LogP contribution in [0.5, 0.6) is 0 Å². The van der Waals surface area contributed by atoms with Gasteiger partial charge in [0.1, 0.15) is 6.04 Å². The Hall–Kier alpha value is -3.10. The number of halogens is 1. The highest BCUT2D eigenvalue weighted by molar-refractivity contribution is 7.93. The van der Waals surface area contributed by atoms with Gasteiger partial charge in [0.05, 0.1) is 10.6 Å². The van der Waals surface area contributed by atoms with Gasteiger partial charge < -0.3 is 10.2 Å². The third-order valence-corrected chi connectivity index (χ3v) is 8.98. The van der Waals surface area contributed by atoms with E-state index in [9.17, 15) is 18.0 Å². The molecule has 0 fully saturated rings. The van der Waals surface area contributed by atoms with Gasteiger partial charge in [-0.1, -0.05) is 54.9 Å². The summed E-state index contributed by atoms with van der Waals surface area (Å²) in [6.45, 7) is 6.04. The molecule has 0 aliphatic carbocycles. The van der Waals surface area contributed by atoms with Gasteiger partial charge in [0, 0.05) is 36.0 Å². The van der Waals surface area contributed by atoms with Gasteiger partial charge in [0.2, 0.25) is 11.8 Å². The number of benzene rings is 3. The molecular formula is C28H32ClN3O4S. The minimum absolute atomic E-state index is 0.00727. The van der Waals surface area contributed by atoms with Crippen LogP contribution < -0.4 is 9.62 Å². The molecule has 0 saturated carbocycles. The molecule has 0 saturated heterocycles. The van der Waals surface area contributed by atoms with Crippen LogP contribution in [-0.4, -0.2) is 43.8 Å². The number of carbonyl (C=O) groups is 2. The number of hydrogen-bond acceptors (Lipinski definition) is 4. The van der Waals surface area contributed by atoms with Crippen LogP contribution in [-0.2, 0) is 26.2 Å². The van der Waals surface area contributed by atoms with Gasteiger partial charge in [0.25, 0.3) is 10.0 Å². The summed E-state index contributed by atoms with van der Waals surface area (Å²) in [7, 11) is -3.68. The Balaban J connectivity index is 1.49. The molecule has 7 nitrogen and oxygen atoms in total. The second kappa shape index (κ2) is 11.1. The topological polar surface area (TPSA) is 86.8 Å². The Bertz CT molecular complexity index is 1400. The summed E-state index contributed by atoms with van der Waals surface area (Å²) in [6, 6.07) is 17.3. The quantitative estimate of drug-likeness (QED) is 0.386. The predicted molar refractivity (Wildman–Crippen MR) is 147 cm³/mol. The summed E-state index contributed by atoms with van der Waals surface area (Å²) in [5.41, 5.74) is 1.49. The minimum atomic E-state index is -3.68. The molecule has 0 unspecified atom stereocenters. The van der Waals surface area contributed by atoms with Crippen molar-refractivity contribution < 1.29 is 18.0 Å². The van der Waals surface area contributed by atoms with Gasteiger partial charge in [-0.25, -0.2) is 8.42 Å². The Kier molecular flexibility index (Phi) is 8.09. The van der Waals surface area contributed by atoms with E-state index in [1.165, 1.54) is 4.31 Å². The van der Waals surface area contributed by atoms with E-state index in [4.69, 9.17) is 11.6 Å². The van der Waals surface area contributed by atoms with E-state index in [2.05, 4.69) is 5.32 Å². The Labute approximate surface area is 223 Å². The van der Waals surface area contributed by atoms with Gasteiger partial charge in [-0.2, -0.15) is 0 Å². The van der Waals surface area contributed by atoms with Crippen molar-refractivity contribution in [2.75, 3.05) is 10.8 Å². The van der Waals surface area contributed by atoms with Crippen LogP contribution >= 0.6 is 11.6 Å². The van der Waals surface area contributed by atoms with Crippen LogP contribution in [0.2, 0.25) is 5.02 Å². The zero-order chi connectivity index (χ0) is 26.7. The maximum Gasteiger partial charge on any atom is 0.265 e. The fourth-order valence-electron chi connectivity index (χ4n) is 4.55. The number of sulfonamides is 1. The first-order chi connectivity index (χ1) is 17.6. The van der Waals surface area contributed by atoms with E-state index in [1.807, 2.05) is 44.2 Å². The second-order valence-corrected chi connectivity index (χ2v) is 11.7. The van der Waals surface area contributed by atoms with Gasteiger partial charge >= 0.3 is 0 Å². The summed E-state index contributed by atoms with van der Waals surface area (Å²) in [4.78, 5) is 28.1. The van der Waals surface area contributed by atoms with Gasteiger partial charge in [-0.3, -0.25) is 13.9 Å². The molecule has 3 aromatic carbocycles. The average molecular weight is 542 g/mol. The molecule has 196 valence electrons. The van der Waals surface area contributed by atoms with Crippen LogP contribution in [0.3, 0.4) is 0 Å². The van der Waals surface area contributed by atoms with E-state index in [0.717, 1.165) is 22.8 Å². The highest BCUT2D eigenvalue weighted by Crippen LogP contribution is 2.42. The Morgan fingerprint density at radius 1 is 1.03 bits per heavy atom. The normalized spacial score (nSPS) is 15.4. The van der Waals surface area contributed by atoms with Gasteiger partial charge in [-0.15, -0.1) is 0 Å². The molecular weight excluding hydrogens is 510 g/mol. The van der Waals surface area contributed by atoms with E-state index < -0.39 is 16.1 Å². The summed E-state index contributed by atoms with van der Waals surface area (Å²) >= 11 is 6.01. The zero-order valence-corrected chi connectivity index (χ0v) is 22.8. The minimum Gasteiger partial charge on any atom is -0.352 e. The lowest BCUT2D eigenvalue weighted by Crippen LogP contribution is -2.49. The lowest BCUT2D eigenvalue weighted by molar-refractivity contribution is -0.140. The third-order valence-electron chi connectivity index (χ3n) is 6.87. The first-order valence-electron chi connectivity index (χ1n) is 12.5. The third kappa shape index (κ3) is 5.60. The molecule has 37 heavy (non-hydrogen) atoms. The lowest BCUT2D eigenvalue weighted by Gasteiger charge is -2.30. The first-order valence-corrected chi connectivity index (χ1v) is 14.3. The van der Waals surface area contributed by atoms with Crippen molar-refractivity contribution in [3.8, 4) is 0 Å². The Morgan fingerprint density at radius 3 is 2.38 bits per heavy atom. The number of carbonyl (C=O) groups excluding carboxylic acids is 2. The lowest BCUT2D eigenvalue weighted by atomic mass is 10.1.